The summed E-state index contributed by atoms with van der Waals surface area (Å²) >= 11 is -0.428. The van der Waals surface area contributed by atoms with Crippen LogP contribution in [0.4, 0.5) is 5.00 Å². The molecule has 1 aromatic heterocycles. The molecule has 0 aliphatic heterocycles. The predicted octanol–water partition coefficient (Wildman–Crippen LogP) is 1.05. The van der Waals surface area contributed by atoms with Crippen LogP contribution in [0, 0.1) is 6.92 Å². The molecule has 0 N–H and O–H groups in total. The molecule has 0 bridgehead atoms. The first-order chi connectivity index (χ1) is 6.80. The third-order valence-corrected chi connectivity index (χ3v) is 3.79. The van der Waals surface area contributed by atoms with Gasteiger partial charge < -0.3 is 0 Å². The Labute approximate surface area is 95.3 Å². The highest BCUT2D eigenvalue weighted by atomic mass is 32.2. The van der Waals surface area contributed by atoms with Crippen LogP contribution in [0.2, 0.25) is 0 Å². The molecule has 1 unspecified atom stereocenters. The summed E-state index contributed by atoms with van der Waals surface area (Å²) in [6.45, 7) is 1.84. The summed E-state index contributed by atoms with van der Waals surface area (Å²) in [5.74, 6) is 0. The number of rotatable bonds is 4. The quantitative estimate of drug-likeness (QED) is 0.766. The molecule has 0 saturated heterocycles. The smallest absolute Gasteiger partial charge is 0.228 e. The number of hydrogen-bond acceptors (Lipinski definition) is 5. The predicted molar refractivity (Wildman–Crippen MR) is 61.5 cm³/mol. The van der Waals surface area contributed by atoms with Crippen molar-refractivity contribution in [2.24, 2.45) is 0 Å². The molecule has 0 saturated carbocycles. The van der Waals surface area contributed by atoms with E-state index in [1.807, 2.05) is 6.92 Å². The van der Waals surface area contributed by atoms with E-state index < -0.39 is 21.1 Å². The largest absolute Gasteiger partial charge is 0.256 e. The maximum absolute atomic E-state index is 11.3. The number of thiophene rings is 1. The van der Waals surface area contributed by atoms with E-state index in [1.165, 1.54) is 17.6 Å². The van der Waals surface area contributed by atoms with Crippen molar-refractivity contribution in [2.75, 3.05) is 17.0 Å². The van der Waals surface area contributed by atoms with Crippen molar-refractivity contribution in [1.82, 2.24) is 0 Å². The molecule has 1 heterocycles. The van der Waals surface area contributed by atoms with Crippen LogP contribution >= 0.6 is 11.3 Å². The Balaban J connectivity index is 3.07. The summed E-state index contributed by atoms with van der Waals surface area (Å²) in [5.41, 5.74) is 0. The van der Waals surface area contributed by atoms with E-state index in [1.54, 1.807) is 12.1 Å². The van der Waals surface area contributed by atoms with Gasteiger partial charge in [0, 0.05) is 11.1 Å². The lowest BCUT2D eigenvalue weighted by atomic mass is 10.5. The van der Waals surface area contributed by atoms with Gasteiger partial charge >= 0.3 is 0 Å². The maximum atomic E-state index is 11.3. The SMILES string of the molecule is Cc1ccc(N(OS(C)=O)S(C)(=O)=O)s1. The maximum Gasteiger partial charge on any atom is 0.256 e. The second kappa shape index (κ2) is 4.60. The molecule has 1 atom stereocenters. The Hall–Kier alpha value is -0.440. The van der Waals surface area contributed by atoms with E-state index in [9.17, 15) is 12.6 Å². The third-order valence-electron chi connectivity index (χ3n) is 1.38. The Morgan fingerprint density at radius 2 is 2.07 bits per heavy atom. The van der Waals surface area contributed by atoms with Crippen LogP contribution < -0.4 is 4.47 Å². The molecule has 0 spiro atoms. The lowest BCUT2D eigenvalue weighted by Crippen LogP contribution is -2.29. The number of hydrogen-bond donors (Lipinski definition) is 0. The van der Waals surface area contributed by atoms with E-state index in [0.717, 1.165) is 11.1 Å². The van der Waals surface area contributed by atoms with Crippen LogP contribution in [-0.2, 0) is 25.4 Å². The van der Waals surface area contributed by atoms with Gasteiger partial charge in [-0.05, 0) is 19.1 Å². The molecular weight excluding hydrogens is 258 g/mol. The number of aryl methyl sites for hydroxylation is 1. The minimum absolute atomic E-state index is 0.394. The van der Waals surface area contributed by atoms with Crippen LogP contribution in [0.25, 0.3) is 0 Å². The number of nitrogens with zero attached hydrogens (tertiary/aromatic N) is 1. The lowest BCUT2D eigenvalue weighted by Gasteiger charge is -2.16. The molecule has 5 nitrogen and oxygen atoms in total. The molecular formula is C7H11NO4S3. The third kappa shape index (κ3) is 3.56. The van der Waals surface area contributed by atoms with Crippen LogP contribution in [0.3, 0.4) is 0 Å². The zero-order chi connectivity index (χ0) is 11.6. The fourth-order valence-corrected chi connectivity index (χ4v) is 3.51. The summed E-state index contributed by atoms with van der Waals surface area (Å²) in [6, 6.07) is 3.37. The molecule has 0 aromatic carbocycles. The summed E-state index contributed by atoms with van der Waals surface area (Å²) in [6.07, 6.45) is 2.26. The standard InChI is InChI=1S/C7H11NO4S3/c1-6-4-5-7(13-6)8(12-14(2)9)15(3,10)11/h4-5H,1-3H3. The lowest BCUT2D eigenvalue weighted by molar-refractivity contribution is 0.373. The Morgan fingerprint density at radius 1 is 1.47 bits per heavy atom. The molecule has 1 rings (SSSR count). The van der Waals surface area contributed by atoms with Crippen molar-refractivity contribution >= 4 is 37.4 Å². The van der Waals surface area contributed by atoms with Crippen LogP contribution in [0.1, 0.15) is 4.88 Å². The van der Waals surface area contributed by atoms with Gasteiger partial charge in [0.2, 0.25) is 0 Å². The van der Waals surface area contributed by atoms with Gasteiger partial charge in [0.25, 0.3) is 10.0 Å². The van der Waals surface area contributed by atoms with Crippen LogP contribution in [0.5, 0.6) is 0 Å². The van der Waals surface area contributed by atoms with Gasteiger partial charge in [-0.1, -0.05) is 0 Å². The van der Waals surface area contributed by atoms with Crippen molar-refractivity contribution < 1.29 is 16.9 Å². The molecule has 86 valence electrons. The summed E-state index contributed by atoms with van der Waals surface area (Å²) in [4.78, 5) is 0.948. The molecule has 0 fully saturated rings. The van der Waals surface area contributed by atoms with Gasteiger partial charge in [-0.25, -0.2) is 12.6 Å². The van der Waals surface area contributed by atoms with Crippen LogP contribution in [-0.4, -0.2) is 25.1 Å². The van der Waals surface area contributed by atoms with E-state index in [-0.39, 0.29) is 0 Å². The Bertz CT molecular complexity index is 464. The molecule has 0 aliphatic rings. The highest BCUT2D eigenvalue weighted by Crippen LogP contribution is 2.27. The first-order valence-corrected chi connectivity index (χ1v) is 8.04. The average Bonchev–Trinajstić information content (AvgIpc) is 2.45. The fourth-order valence-electron chi connectivity index (χ4n) is 0.871. The molecule has 15 heavy (non-hydrogen) atoms. The Morgan fingerprint density at radius 3 is 2.40 bits per heavy atom. The Kier molecular flexibility index (Phi) is 3.87. The molecule has 0 radical (unpaired) electrons. The first-order valence-electron chi connectivity index (χ1n) is 3.89. The topological polar surface area (TPSA) is 63.7 Å². The second-order valence-corrected chi connectivity index (χ2v) is 6.87. The number of sulfonamides is 1. The summed E-state index contributed by atoms with van der Waals surface area (Å²) < 4.78 is 39.0. The van der Waals surface area contributed by atoms with Crippen molar-refractivity contribution in [3.63, 3.8) is 0 Å². The second-order valence-electron chi connectivity index (χ2n) is 2.85. The van der Waals surface area contributed by atoms with Crippen molar-refractivity contribution in [2.45, 2.75) is 6.92 Å². The van der Waals surface area contributed by atoms with Crippen LogP contribution in [0.15, 0.2) is 12.1 Å². The fraction of sp³-hybridized carbons (Fsp3) is 0.429. The van der Waals surface area contributed by atoms with E-state index in [0.29, 0.717) is 9.47 Å². The van der Waals surface area contributed by atoms with Gasteiger partial charge in [-0.3, -0.25) is 0 Å². The molecule has 0 amide bonds. The highest BCUT2D eigenvalue weighted by Gasteiger charge is 2.21. The minimum Gasteiger partial charge on any atom is -0.228 e. The normalized spacial score (nSPS) is 13.8. The van der Waals surface area contributed by atoms with E-state index >= 15 is 0 Å². The van der Waals surface area contributed by atoms with Crippen molar-refractivity contribution in [3.8, 4) is 0 Å². The molecule has 8 heteroatoms. The van der Waals surface area contributed by atoms with Gasteiger partial charge in [0.05, 0.1) is 6.26 Å². The van der Waals surface area contributed by atoms with E-state index in [2.05, 4.69) is 0 Å². The van der Waals surface area contributed by atoms with Crippen molar-refractivity contribution in [1.29, 1.82) is 0 Å². The summed E-state index contributed by atoms with van der Waals surface area (Å²) in [5, 5.41) is 0.394. The van der Waals surface area contributed by atoms with Gasteiger partial charge in [-0.2, -0.15) is 4.28 Å². The van der Waals surface area contributed by atoms with E-state index in [4.69, 9.17) is 4.28 Å². The average molecular weight is 269 g/mol. The summed E-state index contributed by atoms with van der Waals surface area (Å²) in [7, 11) is -3.57. The molecule has 1 aromatic rings. The minimum atomic E-state index is -3.57. The van der Waals surface area contributed by atoms with Crippen molar-refractivity contribution in [3.05, 3.63) is 17.0 Å². The van der Waals surface area contributed by atoms with Gasteiger partial charge in [0.1, 0.15) is 5.00 Å². The highest BCUT2D eigenvalue weighted by molar-refractivity contribution is 7.92. The van der Waals surface area contributed by atoms with Gasteiger partial charge in [0.15, 0.2) is 11.1 Å². The molecule has 0 aliphatic carbocycles. The zero-order valence-electron chi connectivity index (χ0n) is 8.46. The monoisotopic (exact) mass is 269 g/mol. The number of anilines is 1. The van der Waals surface area contributed by atoms with Gasteiger partial charge in [-0.15, -0.1) is 15.8 Å². The zero-order valence-corrected chi connectivity index (χ0v) is 10.9. The first kappa shape index (κ1) is 12.6.